The number of aliphatic imine (C=N–C) groups is 1. The Morgan fingerprint density at radius 1 is 1.17 bits per heavy atom. The highest BCUT2D eigenvalue weighted by molar-refractivity contribution is 6.37. The number of hydrazone groups is 1. The number of nitrogens with one attached hydrogen (secondary N) is 1. The minimum absolute atomic E-state index is 0.135. The number of hydrogen-bond donors (Lipinski definition) is 3. The van der Waals surface area contributed by atoms with Crippen LogP contribution in [-0.2, 0) is 11.2 Å². The third kappa shape index (κ3) is 3.59. The van der Waals surface area contributed by atoms with E-state index >= 15 is 0 Å². The van der Waals surface area contributed by atoms with Gasteiger partial charge in [0, 0.05) is 17.5 Å². The predicted octanol–water partition coefficient (Wildman–Crippen LogP) is 4.01. The monoisotopic (exact) mass is 446 g/mol. The first-order chi connectivity index (χ1) is 14.3. The fraction of sp³-hybridized carbons (Fsp3) is 0.286. The van der Waals surface area contributed by atoms with Crippen molar-refractivity contribution in [2.45, 2.75) is 32.9 Å². The Morgan fingerprint density at radius 3 is 2.60 bits per heavy atom. The van der Waals surface area contributed by atoms with Gasteiger partial charge in [-0.05, 0) is 36.6 Å². The smallest absolute Gasteiger partial charge is 0.238 e. The summed E-state index contributed by atoms with van der Waals surface area (Å²) in [6, 6.07) is 8.14. The molecule has 0 bridgehead atoms. The second-order valence-corrected chi connectivity index (χ2v) is 8.14. The molecule has 30 heavy (non-hydrogen) atoms. The maximum Gasteiger partial charge on any atom is 0.238 e. The summed E-state index contributed by atoms with van der Waals surface area (Å²) in [5.41, 5.74) is 2.56. The molecule has 0 radical (unpaired) electrons. The van der Waals surface area contributed by atoms with Crippen molar-refractivity contribution in [2.75, 3.05) is 5.01 Å². The first-order valence-corrected chi connectivity index (χ1v) is 10.2. The Morgan fingerprint density at radius 2 is 1.93 bits per heavy atom. The van der Waals surface area contributed by atoms with E-state index in [0.717, 1.165) is 11.1 Å². The molecule has 0 fully saturated rings. The zero-order valence-corrected chi connectivity index (χ0v) is 17.9. The molecular weight excluding hydrogens is 427 g/mol. The van der Waals surface area contributed by atoms with Crippen molar-refractivity contribution < 1.29 is 15.0 Å². The predicted molar refractivity (Wildman–Crippen MR) is 118 cm³/mol. The maximum atomic E-state index is 12.9. The van der Waals surface area contributed by atoms with Gasteiger partial charge >= 0.3 is 0 Å². The lowest BCUT2D eigenvalue weighted by Crippen LogP contribution is -2.50. The number of anilines is 1. The lowest BCUT2D eigenvalue weighted by atomic mass is 9.95. The van der Waals surface area contributed by atoms with Gasteiger partial charge < -0.3 is 15.5 Å². The highest BCUT2D eigenvalue weighted by Crippen LogP contribution is 2.43. The fourth-order valence-corrected chi connectivity index (χ4v) is 4.33. The van der Waals surface area contributed by atoms with Crippen LogP contribution in [-0.4, -0.2) is 33.8 Å². The summed E-state index contributed by atoms with van der Waals surface area (Å²) in [7, 11) is 0. The van der Waals surface area contributed by atoms with Crippen molar-refractivity contribution in [1.29, 1.82) is 0 Å². The zero-order chi connectivity index (χ0) is 21.6. The molecule has 0 spiro atoms. The van der Waals surface area contributed by atoms with Gasteiger partial charge in [0.25, 0.3) is 0 Å². The van der Waals surface area contributed by atoms with Crippen LogP contribution in [0.25, 0.3) is 0 Å². The van der Waals surface area contributed by atoms with Crippen molar-refractivity contribution in [1.82, 2.24) is 5.32 Å². The molecule has 2 aliphatic rings. The Kier molecular flexibility index (Phi) is 5.34. The summed E-state index contributed by atoms with van der Waals surface area (Å²) in [5, 5.41) is 29.6. The van der Waals surface area contributed by atoms with Crippen molar-refractivity contribution in [3.8, 4) is 11.5 Å². The molecule has 2 aromatic rings. The van der Waals surface area contributed by atoms with E-state index in [0.29, 0.717) is 29.4 Å². The third-order valence-electron chi connectivity index (χ3n) is 5.21. The summed E-state index contributed by atoms with van der Waals surface area (Å²) in [5.74, 6) is -0.221. The molecule has 2 unspecified atom stereocenters. The van der Waals surface area contributed by atoms with Crippen LogP contribution in [0.5, 0.6) is 11.5 Å². The quantitative estimate of drug-likeness (QED) is 0.660. The van der Waals surface area contributed by atoms with Crippen LogP contribution in [0.4, 0.5) is 5.69 Å². The summed E-state index contributed by atoms with van der Waals surface area (Å²) < 4.78 is 0. The van der Waals surface area contributed by atoms with E-state index in [1.165, 1.54) is 17.1 Å². The van der Waals surface area contributed by atoms with Crippen LogP contribution >= 0.6 is 23.2 Å². The van der Waals surface area contributed by atoms with Crippen molar-refractivity contribution >= 4 is 46.3 Å². The van der Waals surface area contributed by atoms with Gasteiger partial charge in [0.2, 0.25) is 5.91 Å². The number of hydrogen-bond acceptors (Lipinski definition) is 6. The summed E-state index contributed by atoms with van der Waals surface area (Å²) in [6.07, 6.45) is 0.275. The Balaban J connectivity index is 1.73. The number of carbonyl (C=O) groups excluding carboxylic acids is 1. The summed E-state index contributed by atoms with van der Waals surface area (Å²) in [4.78, 5) is 17.6. The molecule has 2 aromatic carbocycles. The van der Waals surface area contributed by atoms with Crippen LogP contribution in [0, 0.1) is 12.8 Å². The van der Waals surface area contributed by atoms with E-state index in [4.69, 9.17) is 28.2 Å². The van der Waals surface area contributed by atoms with Crippen LogP contribution in [0.1, 0.15) is 24.5 Å². The standard InChI is InChI=1S/C21H20Cl2N4O3/c1-3-14-18-20(27(26-14)19-13(23)8-12(22)9-16(19)29)24-17(25-21(18)30)7-11-4-5-15(28)10(2)6-11/h4-6,8-9,18,20,28-29H,3,7H2,1-2H3,(H,24,25,30). The minimum Gasteiger partial charge on any atom is -0.508 e. The number of halogens is 2. The molecule has 1 amide bonds. The average Bonchev–Trinajstić information content (AvgIpc) is 3.03. The largest absolute Gasteiger partial charge is 0.508 e. The second kappa shape index (κ2) is 7.81. The molecular formula is C21H20Cl2N4O3. The number of carbonyl (C=O) groups is 1. The van der Waals surface area contributed by atoms with Gasteiger partial charge in [0.15, 0.2) is 6.17 Å². The van der Waals surface area contributed by atoms with E-state index in [1.807, 2.05) is 19.9 Å². The molecule has 4 rings (SSSR count). The Hall–Kier alpha value is -2.77. The third-order valence-corrected chi connectivity index (χ3v) is 5.72. The van der Waals surface area contributed by atoms with Crippen molar-refractivity contribution in [3.05, 3.63) is 51.5 Å². The molecule has 156 valence electrons. The first kappa shape index (κ1) is 20.5. The zero-order valence-electron chi connectivity index (χ0n) is 16.4. The first-order valence-electron chi connectivity index (χ1n) is 9.49. The normalized spacial score (nSPS) is 20.5. The fourth-order valence-electron chi connectivity index (χ4n) is 3.76. The van der Waals surface area contributed by atoms with Crippen LogP contribution < -0.4 is 10.3 Å². The van der Waals surface area contributed by atoms with E-state index in [1.54, 1.807) is 12.1 Å². The number of nitrogens with zero attached hydrogens (tertiary/aromatic N) is 3. The highest BCUT2D eigenvalue weighted by Gasteiger charge is 2.46. The highest BCUT2D eigenvalue weighted by atomic mass is 35.5. The number of phenols is 2. The molecule has 0 aliphatic carbocycles. The number of aryl methyl sites for hydroxylation is 1. The Labute approximate surface area is 183 Å². The van der Waals surface area contributed by atoms with Crippen LogP contribution in [0.15, 0.2) is 40.4 Å². The van der Waals surface area contributed by atoms with Gasteiger partial charge in [-0.15, -0.1) is 0 Å². The van der Waals surface area contributed by atoms with Crippen LogP contribution in [0.2, 0.25) is 10.0 Å². The van der Waals surface area contributed by atoms with Gasteiger partial charge in [-0.1, -0.05) is 42.3 Å². The second-order valence-electron chi connectivity index (χ2n) is 7.30. The lowest BCUT2D eigenvalue weighted by Gasteiger charge is -2.30. The molecule has 2 aliphatic heterocycles. The topological polar surface area (TPSA) is 97.5 Å². The lowest BCUT2D eigenvalue weighted by molar-refractivity contribution is -0.122. The van der Waals surface area contributed by atoms with Crippen molar-refractivity contribution in [3.63, 3.8) is 0 Å². The van der Waals surface area contributed by atoms with E-state index in [-0.39, 0.29) is 28.1 Å². The molecule has 0 aromatic heterocycles. The molecule has 9 heteroatoms. The summed E-state index contributed by atoms with van der Waals surface area (Å²) >= 11 is 12.3. The molecule has 3 N–H and O–H groups in total. The number of benzene rings is 2. The molecule has 2 atom stereocenters. The average molecular weight is 447 g/mol. The van der Waals surface area contributed by atoms with E-state index in [9.17, 15) is 15.0 Å². The van der Waals surface area contributed by atoms with Crippen molar-refractivity contribution in [2.24, 2.45) is 16.0 Å². The number of aromatic hydroxyl groups is 2. The number of fused-ring (bicyclic) bond motifs is 1. The van der Waals surface area contributed by atoms with Crippen LogP contribution in [0.3, 0.4) is 0 Å². The molecule has 7 nitrogen and oxygen atoms in total. The summed E-state index contributed by atoms with van der Waals surface area (Å²) in [6.45, 7) is 3.72. The van der Waals surface area contributed by atoms with E-state index in [2.05, 4.69) is 10.4 Å². The number of phenolic OH excluding ortho intramolecular Hbond substituents is 2. The molecule has 2 heterocycles. The SMILES string of the molecule is CCC1=NN(c2c(O)cc(Cl)cc2Cl)C2N=C(Cc3ccc(O)c(C)c3)NC(=O)C12. The van der Waals surface area contributed by atoms with Gasteiger partial charge in [0.05, 0.1) is 10.7 Å². The maximum absolute atomic E-state index is 12.9. The number of amides is 1. The molecule has 0 saturated heterocycles. The van der Waals surface area contributed by atoms with Gasteiger partial charge in [-0.2, -0.15) is 5.10 Å². The van der Waals surface area contributed by atoms with E-state index < -0.39 is 12.1 Å². The van der Waals surface area contributed by atoms with Gasteiger partial charge in [-0.25, -0.2) is 10.0 Å². The Bertz CT molecular complexity index is 1080. The minimum atomic E-state index is -0.661. The van der Waals surface area contributed by atoms with Gasteiger partial charge in [0.1, 0.15) is 28.9 Å². The number of rotatable bonds is 4. The van der Waals surface area contributed by atoms with Gasteiger partial charge in [-0.3, -0.25) is 4.79 Å². The molecule has 0 saturated carbocycles. The number of amidine groups is 1.